The van der Waals surface area contributed by atoms with E-state index in [-0.39, 0.29) is 47.2 Å². The van der Waals surface area contributed by atoms with Crippen LogP contribution in [0, 0.1) is 11.8 Å². The number of hydrogen-bond acceptors (Lipinski definition) is 11. The Bertz CT molecular complexity index is 1350. The molecule has 0 heterocycles. The smallest absolute Gasteiger partial charge is 0.407 e. The number of alkyl halides is 3. The minimum atomic E-state index is -4.55. The van der Waals surface area contributed by atoms with Crippen LogP contribution in [0.25, 0.3) is 0 Å². The van der Waals surface area contributed by atoms with Gasteiger partial charge >= 0.3 is 6.18 Å². The molecule has 3 aliphatic rings. The Labute approximate surface area is 212 Å². The third-order valence-corrected chi connectivity index (χ3v) is 7.02. The van der Waals surface area contributed by atoms with Crippen LogP contribution >= 0.6 is 0 Å². The molecule has 3 aliphatic carbocycles. The lowest BCUT2D eigenvalue weighted by atomic mass is 9.60. The fourth-order valence-electron chi connectivity index (χ4n) is 5.35. The second-order valence-corrected chi connectivity index (χ2v) is 9.42. The number of nitrogens with one attached hydrogen (secondary N) is 1. The van der Waals surface area contributed by atoms with Crippen LogP contribution in [-0.2, 0) is 16.0 Å². The fraction of sp³-hybridized carbons (Fsp3) is 0.391. The lowest BCUT2D eigenvalue weighted by Gasteiger charge is -2.45. The maximum atomic E-state index is 13.7. The van der Waals surface area contributed by atoms with Gasteiger partial charge in [-0.15, -0.1) is 0 Å². The minimum absolute atomic E-state index is 0.00255. The van der Waals surface area contributed by atoms with Crippen LogP contribution in [0.2, 0.25) is 0 Å². The Morgan fingerprint density at radius 3 is 2.53 bits per heavy atom. The van der Waals surface area contributed by atoms with E-state index in [1.807, 2.05) is 0 Å². The number of hydrazone groups is 1. The van der Waals surface area contributed by atoms with E-state index in [0.29, 0.717) is 0 Å². The van der Waals surface area contributed by atoms with Crippen molar-refractivity contribution >= 4 is 29.4 Å². The molecule has 0 bridgehead atoms. The first-order chi connectivity index (χ1) is 17.6. The van der Waals surface area contributed by atoms with Gasteiger partial charge < -0.3 is 36.6 Å². The monoisotopic (exact) mass is 539 g/mol. The standard InChI is InChI=1S/C23H24F3N5O7/c1-31(28)12-4-9(6-29-30-7-22(24,25)26)17(33)15-11(12)3-8-2-10-5-13(32)16(21(27)37)20(36)23(10,38)19(35)14(8)18(15)34/h4,6,8,10,30,32-33,35,38H,2-3,5,7,28H2,1H3,(H2,27,37)/b29-6+/t8-,10+,23+/m1/s1. The Morgan fingerprint density at radius 1 is 1.29 bits per heavy atom. The molecule has 1 aromatic carbocycles. The molecule has 9 N–H and O–H groups in total. The molecule has 0 saturated heterocycles. The average molecular weight is 539 g/mol. The number of amides is 1. The number of fused-ring (bicyclic) bond motifs is 3. The number of primary amides is 1. The molecule has 204 valence electrons. The molecular formula is C23H24F3N5O7. The maximum Gasteiger partial charge on any atom is 0.407 e. The van der Waals surface area contributed by atoms with Crippen molar-refractivity contribution in [2.24, 2.45) is 28.5 Å². The lowest BCUT2D eigenvalue weighted by molar-refractivity contribution is -0.144. The Morgan fingerprint density at radius 2 is 1.95 bits per heavy atom. The van der Waals surface area contributed by atoms with E-state index >= 15 is 0 Å². The van der Waals surface area contributed by atoms with Gasteiger partial charge in [0, 0.05) is 30.5 Å². The highest BCUT2D eigenvalue weighted by atomic mass is 19.4. The van der Waals surface area contributed by atoms with Gasteiger partial charge in [-0.2, -0.15) is 18.3 Å². The summed E-state index contributed by atoms with van der Waals surface area (Å²) in [6, 6.07) is 1.31. The van der Waals surface area contributed by atoms with Gasteiger partial charge in [0.15, 0.2) is 11.4 Å². The zero-order valence-electron chi connectivity index (χ0n) is 19.8. The largest absolute Gasteiger partial charge is 0.511 e. The van der Waals surface area contributed by atoms with E-state index < -0.39 is 70.5 Å². The summed E-state index contributed by atoms with van der Waals surface area (Å²) in [5, 5.41) is 48.0. The number of halogens is 3. The number of phenols is 1. The van der Waals surface area contributed by atoms with Crippen molar-refractivity contribution in [1.82, 2.24) is 5.43 Å². The van der Waals surface area contributed by atoms with Crippen molar-refractivity contribution in [3.63, 3.8) is 0 Å². The summed E-state index contributed by atoms with van der Waals surface area (Å²) in [5.74, 6) is -1.94. The molecule has 0 fully saturated rings. The van der Waals surface area contributed by atoms with E-state index in [2.05, 4.69) is 5.10 Å². The number of aliphatic hydroxyl groups excluding tert-OH is 2. The van der Waals surface area contributed by atoms with Crippen molar-refractivity contribution < 1.29 is 48.0 Å². The van der Waals surface area contributed by atoms with E-state index in [9.17, 15) is 48.0 Å². The van der Waals surface area contributed by atoms with Gasteiger partial charge in [0.1, 0.15) is 29.4 Å². The van der Waals surface area contributed by atoms with Gasteiger partial charge in [-0.1, -0.05) is 0 Å². The Hall–Kier alpha value is -4.11. The maximum absolute atomic E-state index is 13.7. The van der Waals surface area contributed by atoms with E-state index in [4.69, 9.17) is 11.6 Å². The second-order valence-electron chi connectivity index (χ2n) is 9.42. The van der Waals surface area contributed by atoms with E-state index in [0.717, 1.165) is 11.2 Å². The van der Waals surface area contributed by atoms with Crippen molar-refractivity contribution in [1.29, 1.82) is 0 Å². The second kappa shape index (κ2) is 9.02. The first kappa shape index (κ1) is 26.9. The van der Waals surface area contributed by atoms with E-state index in [1.165, 1.54) is 13.1 Å². The predicted molar refractivity (Wildman–Crippen MR) is 125 cm³/mol. The van der Waals surface area contributed by atoms with Crippen LogP contribution in [0.3, 0.4) is 0 Å². The van der Waals surface area contributed by atoms with Gasteiger partial charge in [-0.3, -0.25) is 14.4 Å². The molecule has 15 heteroatoms. The number of allylic oxidation sites excluding steroid dienone is 2. The van der Waals surface area contributed by atoms with Crippen molar-refractivity contribution in [3.8, 4) is 5.75 Å². The summed E-state index contributed by atoms with van der Waals surface area (Å²) in [6.45, 7) is -1.45. The SMILES string of the molecule is CN(N)c1cc(/C=N/NCC(F)(F)F)c(O)c2c1C[C@H]1C[C@H]3CC(O)=C(C(N)=O)C(=O)[C@@]3(O)C(O)=C1C2=O. The normalized spacial score (nSPS) is 25.3. The summed E-state index contributed by atoms with van der Waals surface area (Å²) >= 11 is 0. The van der Waals surface area contributed by atoms with Crippen LogP contribution < -0.4 is 22.0 Å². The molecule has 0 unspecified atom stereocenters. The summed E-state index contributed by atoms with van der Waals surface area (Å²) in [7, 11) is 1.43. The quantitative estimate of drug-likeness (QED) is 0.118. The topological polar surface area (TPSA) is 212 Å². The molecule has 1 aromatic rings. The number of Topliss-reactive ketones (excluding diaryl/α,β-unsaturated/α-hetero) is 2. The van der Waals surface area contributed by atoms with Crippen LogP contribution in [0.5, 0.6) is 5.75 Å². The third kappa shape index (κ3) is 4.12. The number of ketones is 2. The van der Waals surface area contributed by atoms with Gasteiger partial charge in [0.25, 0.3) is 5.91 Å². The first-order valence-corrected chi connectivity index (χ1v) is 11.3. The highest BCUT2D eigenvalue weighted by molar-refractivity contribution is 6.24. The summed E-state index contributed by atoms with van der Waals surface area (Å²) in [5.41, 5.74) is 2.88. The molecular weight excluding hydrogens is 515 g/mol. The number of aromatic hydroxyl groups is 1. The number of carbonyl (C=O) groups is 3. The molecule has 12 nitrogen and oxygen atoms in total. The van der Waals surface area contributed by atoms with E-state index in [1.54, 1.807) is 5.43 Å². The average Bonchev–Trinajstić information content (AvgIpc) is 2.79. The van der Waals surface area contributed by atoms with Crippen LogP contribution in [0.15, 0.2) is 33.8 Å². The van der Waals surface area contributed by atoms with Gasteiger partial charge in [0.2, 0.25) is 5.78 Å². The summed E-state index contributed by atoms with van der Waals surface area (Å²) in [6.07, 6.45) is -4.14. The number of nitrogens with two attached hydrogens (primary N) is 2. The summed E-state index contributed by atoms with van der Waals surface area (Å²) < 4.78 is 37.2. The molecule has 38 heavy (non-hydrogen) atoms. The Balaban J connectivity index is 1.84. The highest BCUT2D eigenvalue weighted by Gasteiger charge is 2.59. The number of hydrogen-bond donors (Lipinski definition) is 7. The van der Waals surface area contributed by atoms with Crippen LogP contribution in [-0.4, -0.2) is 69.5 Å². The predicted octanol–water partition coefficient (Wildman–Crippen LogP) is 0.376. The summed E-state index contributed by atoms with van der Waals surface area (Å²) in [4.78, 5) is 38.4. The molecule has 0 aromatic heterocycles. The molecule has 0 spiro atoms. The van der Waals surface area contributed by atoms with Gasteiger partial charge in [0.05, 0.1) is 17.5 Å². The number of aliphatic hydroxyl groups is 3. The van der Waals surface area contributed by atoms with Gasteiger partial charge in [-0.25, -0.2) is 5.84 Å². The number of carbonyl (C=O) groups excluding carboxylic acids is 3. The molecule has 0 saturated carbocycles. The van der Waals surface area contributed by atoms with Crippen molar-refractivity contribution in [2.45, 2.75) is 31.0 Å². The number of hydrazine groups is 1. The molecule has 3 atom stereocenters. The number of phenolic OH excluding ortho intramolecular Hbond substituents is 1. The number of rotatable bonds is 5. The fourth-order valence-corrected chi connectivity index (χ4v) is 5.35. The van der Waals surface area contributed by atoms with Crippen molar-refractivity contribution in [3.05, 3.63) is 45.4 Å². The minimum Gasteiger partial charge on any atom is -0.511 e. The number of anilines is 1. The van der Waals surface area contributed by atoms with Crippen LogP contribution in [0.4, 0.5) is 18.9 Å². The molecule has 0 aliphatic heterocycles. The number of nitrogens with zero attached hydrogens (tertiary/aromatic N) is 2. The third-order valence-electron chi connectivity index (χ3n) is 7.02. The van der Waals surface area contributed by atoms with Gasteiger partial charge in [-0.05, 0) is 30.4 Å². The number of benzene rings is 1. The lowest BCUT2D eigenvalue weighted by Crippen LogP contribution is -2.57. The molecule has 4 rings (SSSR count). The zero-order valence-corrected chi connectivity index (χ0v) is 19.8. The first-order valence-electron chi connectivity index (χ1n) is 11.3. The highest BCUT2D eigenvalue weighted by Crippen LogP contribution is 2.52. The van der Waals surface area contributed by atoms with Crippen LogP contribution in [0.1, 0.15) is 34.3 Å². The molecule has 1 amide bonds. The molecule has 0 radical (unpaired) electrons. The zero-order chi connectivity index (χ0) is 28.3. The Kier molecular flexibility index (Phi) is 6.40. The van der Waals surface area contributed by atoms with Crippen molar-refractivity contribution in [2.75, 3.05) is 18.6 Å².